The van der Waals surface area contributed by atoms with Crippen molar-refractivity contribution >= 4 is 16.1 Å². The van der Waals surface area contributed by atoms with Crippen molar-refractivity contribution in [1.29, 1.82) is 0 Å². The molecule has 0 radical (unpaired) electrons. The Morgan fingerprint density at radius 2 is 2.09 bits per heavy atom. The highest BCUT2D eigenvalue weighted by molar-refractivity contribution is 7.89. The van der Waals surface area contributed by atoms with E-state index in [1.54, 1.807) is 0 Å². The fraction of sp³-hybridized carbons (Fsp3) is 0.750. The predicted molar refractivity (Wildman–Crippen MR) is 38.1 cm³/mol. The lowest BCUT2D eigenvalue weighted by atomic mass is 10.8. The van der Waals surface area contributed by atoms with Crippen LogP contribution in [0.4, 0.5) is 4.79 Å². The minimum atomic E-state index is -3.57. The zero-order valence-electron chi connectivity index (χ0n) is 6.20. The van der Waals surface area contributed by atoms with Crippen molar-refractivity contribution in [1.82, 2.24) is 4.72 Å². The number of carbonyl (C=O) groups excluding carboxylic acids is 1. The van der Waals surface area contributed by atoms with Gasteiger partial charge in [0, 0.05) is 0 Å². The van der Waals surface area contributed by atoms with Crippen LogP contribution in [0.25, 0.3) is 0 Å². The summed E-state index contributed by atoms with van der Waals surface area (Å²) < 4.78 is 27.8. The number of rotatable bonds is 3. The summed E-state index contributed by atoms with van der Waals surface area (Å²) in [6.07, 6.45) is -1.11. The standard InChI is InChI=1S/C4H10N2O4S/c1-3(10-4(5)7)11(8,9)6-2/h3,6H,1-2H3,(H2,5,7). The van der Waals surface area contributed by atoms with E-state index in [1.807, 2.05) is 4.72 Å². The van der Waals surface area contributed by atoms with Gasteiger partial charge in [-0.1, -0.05) is 0 Å². The lowest BCUT2D eigenvalue weighted by Gasteiger charge is -2.10. The lowest BCUT2D eigenvalue weighted by molar-refractivity contribution is 0.147. The molecule has 0 fully saturated rings. The molecule has 0 aliphatic heterocycles. The Kier molecular flexibility index (Phi) is 3.27. The molecule has 0 aromatic carbocycles. The number of carbonyl (C=O) groups is 1. The summed E-state index contributed by atoms with van der Waals surface area (Å²) in [5.74, 6) is 0. The molecule has 0 aliphatic carbocycles. The van der Waals surface area contributed by atoms with Gasteiger partial charge in [0.15, 0.2) is 0 Å². The number of nitrogens with two attached hydrogens (primary N) is 1. The number of primary amides is 1. The second kappa shape index (κ2) is 3.54. The van der Waals surface area contributed by atoms with Gasteiger partial charge in [0.1, 0.15) is 0 Å². The van der Waals surface area contributed by atoms with Crippen LogP contribution < -0.4 is 10.5 Å². The maximum Gasteiger partial charge on any atom is 0.405 e. The molecule has 0 heterocycles. The lowest BCUT2D eigenvalue weighted by Crippen LogP contribution is -2.34. The summed E-state index contributed by atoms with van der Waals surface area (Å²) in [5.41, 5.74) is 3.33. The second-order valence-electron chi connectivity index (χ2n) is 1.75. The molecule has 1 amide bonds. The summed E-state index contributed by atoms with van der Waals surface area (Å²) in [7, 11) is -2.35. The van der Waals surface area contributed by atoms with Gasteiger partial charge in [-0.2, -0.15) is 0 Å². The van der Waals surface area contributed by atoms with Crippen LogP contribution in [0.3, 0.4) is 0 Å². The predicted octanol–water partition coefficient (Wildman–Crippen LogP) is -1.02. The molecule has 7 heteroatoms. The summed E-state index contributed by atoms with van der Waals surface area (Å²) in [5, 5.41) is 0. The van der Waals surface area contributed by atoms with Gasteiger partial charge in [-0.05, 0) is 14.0 Å². The Balaban J connectivity index is 4.26. The number of nitrogens with one attached hydrogen (secondary N) is 1. The highest BCUT2D eigenvalue weighted by Gasteiger charge is 2.20. The molecule has 0 rings (SSSR count). The fourth-order valence-corrected chi connectivity index (χ4v) is 0.946. The normalized spacial score (nSPS) is 14.0. The van der Waals surface area contributed by atoms with Crippen LogP contribution in [0.1, 0.15) is 6.92 Å². The summed E-state index contributed by atoms with van der Waals surface area (Å²) in [4.78, 5) is 10.1. The molecule has 6 nitrogen and oxygen atoms in total. The molecule has 0 aromatic rings. The van der Waals surface area contributed by atoms with E-state index in [-0.39, 0.29) is 0 Å². The quantitative estimate of drug-likeness (QED) is 0.583. The zero-order valence-corrected chi connectivity index (χ0v) is 7.01. The Hall–Kier alpha value is -0.820. The van der Waals surface area contributed by atoms with Crippen LogP contribution >= 0.6 is 0 Å². The van der Waals surface area contributed by atoms with Gasteiger partial charge in [0.25, 0.3) is 0 Å². The molecule has 3 N–H and O–H groups in total. The first-order chi connectivity index (χ1) is 4.90. The largest absolute Gasteiger partial charge is 0.429 e. The number of ether oxygens (including phenoxy) is 1. The first-order valence-corrected chi connectivity index (χ1v) is 4.33. The molecule has 1 unspecified atom stereocenters. The van der Waals surface area contributed by atoms with Crippen molar-refractivity contribution in [2.75, 3.05) is 7.05 Å². The minimum absolute atomic E-state index is 1.11. The van der Waals surface area contributed by atoms with Crippen LogP contribution in [0.15, 0.2) is 0 Å². The minimum Gasteiger partial charge on any atom is -0.429 e. The first-order valence-electron chi connectivity index (χ1n) is 2.78. The van der Waals surface area contributed by atoms with Crippen molar-refractivity contribution < 1.29 is 17.9 Å². The van der Waals surface area contributed by atoms with E-state index in [0.29, 0.717) is 0 Å². The Bertz CT molecular complexity index is 234. The summed E-state index contributed by atoms with van der Waals surface area (Å²) >= 11 is 0. The molecule has 0 bridgehead atoms. The molecule has 1 atom stereocenters. The number of sulfonamides is 1. The zero-order chi connectivity index (χ0) is 9.07. The summed E-state index contributed by atoms with van der Waals surface area (Å²) in [6.45, 7) is 1.20. The van der Waals surface area contributed by atoms with E-state index in [1.165, 1.54) is 14.0 Å². The molecule has 0 spiro atoms. The monoisotopic (exact) mass is 182 g/mol. The van der Waals surface area contributed by atoms with Gasteiger partial charge in [0.05, 0.1) is 0 Å². The Morgan fingerprint density at radius 1 is 1.64 bits per heavy atom. The third kappa shape index (κ3) is 3.19. The average Bonchev–Trinajstić information content (AvgIpc) is 1.86. The van der Waals surface area contributed by atoms with Gasteiger partial charge >= 0.3 is 6.09 Å². The maximum atomic E-state index is 10.8. The molecular formula is C4H10N2O4S. The van der Waals surface area contributed by atoms with Crippen molar-refractivity contribution in [2.45, 2.75) is 12.4 Å². The Labute approximate surface area is 64.8 Å². The number of hydrogen-bond acceptors (Lipinski definition) is 4. The van der Waals surface area contributed by atoms with E-state index in [4.69, 9.17) is 0 Å². The van der Waals surface area contributed by atoms with Crippen LogP contribution in [0, 0.1) is 0 Å². The molecule has 0 aliphatic rings. The Morgan fingerprint density at radius 3 is 2.36 bits per heavy atom. The molecule has 0 saturated carbocycles. The van der Waals surface area contributed by atoms with E-state index in [2.05, 4.69) is 10.5 Å². The van der Waals surface area contributed by atoms with Gasteiger partial charge in [-0.3, -0.25) is 0 Å². The van der Waals surface area contributed by atoms with Crippen molar-refractivity contribution in [2.24, 2.45) is 5.73 Å². The van der Waals surface area contributed by atoms with Crippen molar-refractivity contribution in [3.8, 4) is 0 Å². The van der Waals surface area contributed by atoms with Gasteiger partial charge in [-0.25, -0.2) is 17.9 Å². The van der Waals surface area contributed by atoms with Crippen molar-refractivity contribution in [3.05, 3.63) is 0 Å². The topological polar surface area (TPSA) is 98.5 Å². The summed E-state index contributed by atoms with van der Waals surface area (Å²) in [6, 6.07) is 0. The first kappa shape index (κ1) is 10.2. The van der Waals surface area contributed by atoms with E-state index < -0.39 is 21.6 Å². The van der Waals surface area contributed by atoms with E-state index >= 15 is 0 Å². The van der Waals surface area contributed by atoms with Gasteiger partial charge in [-0.15, -0.1) is 0 Å². The fourth-order valence-electron chi connectivity index (χ4n) is 0.393. The SMILES string of the molecule is CNS(=O)(=O)C(C)OC(N)=O. The van der Waals surface area contributed by atoms with Crippen LogP contribution in [0.5, 0.6) is 0 Å². The van der Waals surface area contributed by atoms with Gasteiger partial charge in [0.2, 0.25) is 15.5 Å². The molecule has 0 saturated heterocycles. The van der Waals surface area contributed by atoms with E-state index in [9.17, 15) is 13.2 Å². The smallest absolute Gasteiger partial charge is 0.405 e. The van der Waals surface area contributed by atoms with Gasteiger partial charge < -0.3 is 10.5 Å². The third-order valence-electron chi connectivity index (χ3n) is 1.00. The number of amides is 1. The number of hydrogen-bond donors (Lipinski definition) is 2. The highest BCUT2D eigenvalue weighted by Crippen LogP contribution is 1.98. The van der Waals surface area contributed by atoms with Crippen LogP contribution in [-0.4, -0.2) is 27.0 Å². The molecule has 11 heavy (non-hydrogen) atoms. The molecule has 66 valence electrons. The van der Waals surface area contributed by atoms with Crippen LogP contribution in [-0.2, 0) is 14.8 Å². The van der Waals surface area contributed by atoms with E-state index in [0.717, 1.165) is 0 Å². The molecular weight excluding hydrogens is 172 g/mol. The molecule has 0 aromatic heterocycles. The third-order valence-corrected chi connectivity index (χ3v) is 2.54. The second-order valence-corrected chi connectivity index (χ2v) is 3.92. The van der Waals surface area contributed by atoms with Crippen LogP contribution in [0.2, 0.25) is 0 Å². The average molecular weight is 182 g/mol. The maximum absolute atomic E-state index is 10.8. The highest BCUT2D eigenvalue weighted by atomic mass is 32.2. The van der Waals surface area contributed by atoms with Crippen molar-refractivity contribution in [3.63, 3.8) is 0 Å².